The lowest BCUT2D eigenvalue weighted by atomic mass is 10.2. The molecule has 76 valence electrons. The van der Waals surface area contributed by atoms with E-state index in [0.717, 1.165) is 13.1 Å². The Morgan fingerprint density at radius 2 is 2.46 bits per heavy atom. The summed E-state index contributed by atoms with van der Waals surface area (Å²) in [6.07, 6.45) is 2.49. The highest BCUT2D eigenvalue weighted by Crippen LogP contribution is 2.16. The van der Waals surface area contributed by atoms with Crippen LogP contribution in [0, 0.1) is 0 Å². The normalized spacial score (nSPS) is 25.1. The molecule has 5 heteroatoms. The Bertz CT molecular complexity index is 179. The van der Waals surface area contributed by atoms with Gasteiger partial charge < -0.3 is 5.73 Å². The summed E-state index contributed by atoms with van der Waals surface area (Å²) in [4.78, 5) is 6.56. The molecule has 1 fully saturated rings. The lowest BCUT2D eigenvalue weighted by Crippen LogP contribution is -2.39. The Balaban J connectivity index is 2.35. The fourth-order valence-electron chi connectivity index (χ4n) is 1.77. The van der Waals surface area contributed by atoms with Crippen molar-refractivity contribution in [2.24, 2.45) is 16.6 Å². The summed E-state index contributed by atoms with van der Waals surface area (Å²) < 4.78 is 0. The third kappa shape index (κ3) is 2.86. The average Bonchev–Trinajstić information content (AvgIpc) is 2.61. The Morgan fingerprint density at radius 3 is 3.08 bits per heavy atom. The number of aliphatic imine (C=N–C) groups is 1. The highest BCUT2D eigenvalue weighted by Gasteiger charge is 2.22. The predicted molar refractivity (Wildman–Crippen MR) is 54.1 cm³/mol. The number of hydrogen-bond acceptors (Lipinski definition) is 3. The van der Waals surface area contributed by atoms with Gasteiger partial charge in [-0.1, -0.05) is 6.92 Å². The Kier molecular flexibility index (Phi) is 3.98. The summed E-state index contributed by atoms with van der Waals surface area (Å²) in [6.45, 7) is 5.21. The maximum atomic E-state index is 5.43. The number of rotatable bonds is 3. The summed E-state index contributed by atoms with van der Waals surface area (Å²) >= 11 is 0. The van der Waals surface area contributed by atoms with Gasteiger partial charge in [-0.25, -0.2) is 5.84 Å². The smallest absolute Gasteiger partial charge is 0.203 e. The number of likely N-dealkylation sites (N-methyl/N-ethyl adjacent to an activating group) is 1. The SMILES string of the molecule is CCN1CCCC1CN=C(N)NN. The van der Waals surface area contributed by atoms with Crippen LogP contribution in [0.2, 0.25) is 0 Å². The van der Waals surface area contributed by atoms with Crippen molar-refractivity contribution in [2.75, 3.05) is 19.6 Å². The van der Waals surface area contributed by atoms with Gasteiger partial charge in [0.25, 0.3) is 0 Å². The second kappa shape index (κ2) is 5.04. The lowest BCUT2D eigenvalue weighted by molar-refractivity contribution is 0.273. The minimum atomic E-state index is 0.322. The first-order valence-corrected chi connectivity index (χ1v) is 4.78. The second-order valence-electron chi connectivity index (χ2n) is 3.29. The minimum absolute atomic E-state index is 0.322. The Hall–Kier alpha value is -0.810. The van der Waals surface area contributed by atoms with E-state index >= 15 is 0 Å². The van der Waals surface area contributed by atoms with Crippen LogP contribution in [0.3, 0.4) is 0 Å². The fourth-order valence-corrected chi connectivity index (χ4v) is 1.77. The molecule has 0 radical (unpaired) electrons. The van der Waals surface area contributed by atoms with E-state index in [1.165, 1.54) is 19.4 Å². The third-order valence-electron chi connectivity index (χ3n) is 2.53. The topological polar surface area (TPSA) is 79.7 Å². The first-order valence-electron chi connectivity index (χ1n) is 4.78. The van der Waals surface area contributed by atoms with E-state index in [4.69, 9.17) is 11.6 Å². The molecule has 1 unspecified atom stereocenters. The largest absolute Gasteiger partial charge is 0.369 e. The molecule has 0 saturated carbocycles. The quantitative estimate of drug-likeness (QED) is 0.234. The van der Waals surface area contributed by atoms with Gasteiger partial charge in [0.15, 0.2) is 0 Å². The summed E-state index contributed by atoms with van der Waals surface area (Å²) in [5.41, 5.74) is 7.76. The average molecular weight is 185 g/mol. The third-order valence-corrected chi connectivity index (χ3v) is 2.53. The summed E-state index contributed by atoms with van der Waals surface area (Å²) in [5, 5.41) is 0. The van der Waals surface area contributed by atoms with E-state index in [0.29, 0.717) is 12.0 Å². The maximum Gasteiger partial charge on any atom is 0.203 e. The Morgan fingerprint density at radius 1 is 1.69 bits per heavy atom. The van der Waals surface area contributed by atoms with Crippen molar-refractivity contribution in [1.29, 1.82) is 0 Å². The highest BCUT2D eigenvalue weighted by atomic mass is 15.3. The van der Waals surface area contributed by atoms with Crippen molar-refractivity contribution in [1.82, 2.24) is 10.3 Å². The van der Waals surface area contributed by atoms with Crippen LogP contribution < -0.4 is 17.0 Å². The molecule has 0 aliphatic carbocycles. The molecule has 5 N–H and O–H groups in total. The van der Waals surface area contributed by atoms with Gasteiger partial charge in [-0.3, -0.25) is 15.3 Å². The minimum Gasteiger partial charge on any atom is -0.369 e. The first-order chi connectivity index (χ1) is 6.27. The molecular weight excluding hydrogens is 166 g/mol. The van der Waals surface area contributed by atoms with Crippen molar-refractivity contribution in [3.8, 4) is 0 Å². The molecule has 1 aliphatic heterocycles. The van der Waals surface area contributed by atoms with Crippen LogP contribution in [0.5, 0.6) is 0 Å². The van der Waals surface area contributed by atoms with Crippen LogP contribution in [-0.2, 0) is 0 Å². The van der Waals surface area contributed by atoms with Gasteiger partial charge in [-0.05, 0) is 25.9 Å². The summed E-state index contributed by atoms with van der Waals surface area (Å²) in [5.74, 6) is 5.43. The zero-order valence-electron chi connectivity index (χ0n) is 8.16. The van der Waals surface area contributed by atoms with E-state index in [2.05, 4.69) is 22.2 Å². The van der Waals surface area contributed by atoms with Crippen molar-refractivity contribution in [2.45, 2.75) is 25.8 Å². The molecule has 0 aromatic carbocycles. The van der Waals surface area contributed by atoms with Gasteiger partial charge in [0, 0.05) is 6.04 Å². The monoisotopic (exact) mass is 185 g/mol. The number of guanidine groups is 1. The van der Waals surface area contributed by atoms with E-state index < -0.39 is 0 Å². The predicted octanol–water partition coefficient (Wildman–Crippen LogP) is -0.751. The molecule has 1 atom stereocenters. The number of nitrogens with one attached hydrogen (secondary N) is 1. The van der Waals surface area contributed by atoms with E-state index in [1.54, 1.807) is 0 Å². The molecule has 1 saturated heterocycles. The van der Waals surface area contributed by atoms with Crippen LogP contribution in [0.25, 0.3) is 0 Å². The van der Waals surface area contributed by atoms with Gasteiger partial charge in [-0.2, -0.15) is 0 Å². The van der Waals surface area contributed by atoms with Crippen molar-refractivity contribution >= 4 is 5.96 Å². The highest BCUT2D eigenvalue weighted by molar-refractivity contribution is 5.77. The summed E-state index contributed by atoms with van der Waals surface area (Å²) in [7, 11) is 0. The van der Waals surface area contributed by atoms with Gasteiger partial charge in [0.05, 0.1) is 6.54 Å². The van der Waals surface area contributed by atoms with Crippen molar-refractivity contribution < 1.29 is 0 Å². The molecule has 0 aromatic heterocycles. The molecular formula is C8H19N5. The van der Waals surface area contributed by atoms with E-state index in [9.17, 15) is 0 Å². The van der Waals surface area contributed by atoms with Gasteiger partial charge in [0.2, 0.25) is 5.96 Å². The number of hydrazine groups is 1. The zero-order valence-corrected chi connectivity index (χ0v) is 8.16. The molecule has 0 bridgehead atoms. The Labute approximate surface area is 79.1 Å². The van der Waals surface area contributed by atoms with Crippen LogP contribution in [0.4, 0.5) is 0 Å². The standard InChI is InChI=1S/C8H19N5/c1-2-13-5-3-4-7(13)6-11-8(9)12-10/h7H,2-6,10H2,1H3,(H3,9,11,12). The molecule has 0 aromatic rings. The molecule has 13 heavy (non-hydrogen) atoms. The number of nitrogens with two attached hydrogens (primary N) is 2. The van der Waals surface area contributed by atoms with Crippen LogP contribution in [-0.4, -0.2) is 36.5 Å². The zero-order chi connectivity index (χ0) is 9.68. The van der Waals surface area contributed by atoms with Crippen LogP contribution in [0.15, 0.2) is 4.99 Å². The molecule has 1 rings (SSSR count). The second-order valence-corrected chi connectivity index (χ2v) is 3.29. The maximum absolute atomic E-state index is 5.43. The van der Waals surface area contributed by atoms with Gasteiger partial charge in [0.1, 0.15) is 0 Å². The van der Waals surface area contributed by atoms with Crippen molar-refractivity contribution in [3.63, 3.8) is 0 Å². The number of nitrogens with zero attached hydrogens (tertiary/aromatic N) is 2. The molecule has 1 aliphatic rings. The van der Waals surface area contributed by atoms with Crippen LogP contribution in [0.1, 0.15) is 19.8 Å². The fraction of sp³-hybridized carbons (Fsp3) is 0.875. The number of hydrogen-bond donors (Lipinski definition) is 3. The van der Waals surface area contributed by atoms with E-state index in [1.807, 2.05) is 0 Å². The van der Waals surface area contributed by atoms with Crippen molar-refractivity contribution in [3.05, 3.63) is 0 Å². The lowest BCUT2D eigenvalue weighted by Gasteiger charge is -2.20. The molecule has 1 heterocycles. The number of likely N-dealkylation sites (tertiary alicyclic amines) is 1. The van der Waals surface area contributed by atoms with Gasteiger partial charge >= 0.3 is 0 Å². The summed E-state index contributed by atoms with van der Waals surface area (Å²) in [6, 6.07) is 0.553. The van der Waals surface area contributed by atoms with Gasteiger partial charge in [-0.15, -0.1) is 0 Å². The van der Waals surface area contributed by atoms with Crippen LogP contribution >= 0.6 is 0 Å². The first kappa shape index (κ1) is 10.3. The molecule has 0 amide bonds. The molecule has 0 spiro atoms. The molecule has 5 nitrogen and oxygen atoms in total. The van der Waals surface area contributed by atoms with E-state index in [-0.39, 0.29) is 0 Å².